The van der Waals surface area contributed by atoms with E-state index in [9.17, 15) is 18.4 Å². The number of aryl methyl sites for hydroxylation is 1. The molecule has 4 N–H and O–H groups in total. The quantitative estimate of drug-likeness (QED) is 0.547. The lowest BCUT2D eigenvalue weighted by Gasteiger charge is -2.15. The number of carboxylic acids is 1. The molecule has 0 spiro atoms. The second-order valence-corrected chi connectivity index (χ2v) is 6.42. The van der Waals surface area contributed by atoms with E-state index in [0.29, 0.717) is 11.3 Å². The molecule has 3 rings (SSSR count). The molecule has 0 fully saturated rings. The number of aromatic nitrogens is 2. The van der Waals surface area contributed by atoms with Crippen LogP contribution < -0.4 is 11.1 Å². The third-order valence-corrected chi connectivity index (χ3v) is 4.32. The van der Waals surface area contributed by atoms with Crippen LogP contribution in [0.1, 0.15) is 28.5 Å². The van der Waals surface area contributed by atoms with E-state index < -0.39 is 29.1 Å². The van der Waals surface area contributed by atoms with Crippen molar-refractivity contribution in [3.8, 4) is 11.4 Å². The van der Waals surface area contributed by atoms with Crippen molar-refractivity contribution in [2.45, 2.75) is 19.8 Å². The summed E-state index contributed by atoms with van der Waals surface area (Å²) < 4.78 is 28.5. The molecular weight excluding hydrogens is 394 g/mol. The molecule has 154 valence electrons. The first-order chi connectivity index (χ1) is 14.3. The summed E-state index contributed by atoms with van der Waals surface area (Å²) in [5.74, 6) is -3.67. The zero-order chi connectivity index (χ0) is 21.8. The predicted molar refractivity (Wildman–Crippen MR) is 106 cm³/mol. The summed E-state index contributed by atoms with van der Waals surface area (Å²) in [5, 5.41) is 11.8. The van der Waals surface area contributed by atoms with E-state index in [2.05, 4.69) is 15.3 Å². The van der Waals surface area contributed by atoms with Crippen LogP contribution in [0, 0.1) is 11.6 Å². The maximum atomic E-state index is 14.3. The van der Waals surface area contributed by atoms with E-state index in [-0.39, 0.29) is 35.7 Å². The summed E-state index contributed by atoms with van der Waals surface area (Å²) in [7, 11) is 0. The number of primary amides is 1. The number of hydrogen-bond acceptors (Lipinski definition) is 5. The number of carboxylic acid groups (broad SMARTS) is 1. The highest BCUT2D eigenvalue weighted by Crippen LogP contribution is 2.28. The molecule has 0 aliphatic carbocycles. The third-order valence-electron chi connectivity index (χ3n) is 4.32. The first-order valence-corrected chi connectivity index (χ1v) is 9.03. The fourth-order valence-corrected chi connectivity index (χ4v) is 2.95. The largest absolute Gasteiger partial charge is 0.481 e. The van der Waals surface area contributed by atoms with Crippen molar-refractivity contribution in [3.05, 3.63) is 70.9 Å². The molecule has 1 amide bonds. The predicted octanol–water partition coefficient (Wildman–Crippen LogP) is 3.45. The van der Waals surface area contributed by atoms with Crippen LogP contribution in [0.15, 0.2) is 42.5 Å². The molecule has 0 atom stereocenters. The van der Waals surface area contributed by atoms with E-state index in [1.54, 1.807) is 31.2 Å². The Labute approximate surface area is 170 Å². The lowest BCUT2D eigenvalue weighted by Crippen LogP contribution is -2.19. The van der Waals surface area contributed by atoms with Crippen LogP contribution >= 0.6 is 0 Å². The summed E-state index contributed by atoms with van der Waals surface area (Å²) >= 11 is 0. The summed E-state index contributed by atoms with van der Waals surface area (Å²) in [4.78, 5) is 31.2. The molecule has 1 aromatic heterocycles. The van der Waals surface area contributed by atoms with Gasteiger partial charge in [0, 0.05) is 5.69 Å². The lowest BCUT2D eigenvalue weighted by molar-refractivity contribution is -0.136. The topological polar surface area (TPSA) is 118 Å². The van der Waals surface area contributed by atoms with Gasteiger partial charge in [0.05, 0.1) is 17.7 Å². The SMILES string of the molecule is CCc1nc(-c2c(F)cccc2F)nc(Nc2ccc(CC(=O)O)cc2)c1C(N)=O. The second-order valence-electron chi connectivity index (χ2n) is 6.42. The number of halogens is 2. The van der Waals surface area contributed by atoms with Crippen molar-refractivity contribution >= 4 is 23.4 Å². The number of nitrogens with two attached hydrogens (primary N) is 1. The number of amides is 1. The molecule has 0 saturated carbocycles. The van der Waals surface area contributed by atoms with Gasteiger partial charge in [-0.25, -0.2) is 18.7 Å². The van der Waals surface area contributed by atoms with Crippen molar-refractivity contribution in [2.24, 2.45) is 5.73 Å². The number of carbonyl (C=O) groups is 2. The molecule has 9 heteroatoms. The van der Waals surface area contributed by atoms with Gasteiger partial charge in [0.2, 0.25) is 0 Å². The molecule has 0 aliphatic rings. The Hall–Kier alpha value is -3.88. The summed E-state index contributed by atoms with van der Waals surface area (Å²) in [6, 6.07) is 9.79. The van der Waals surface area contributed by atoms with Crippen LogP contribution in [0.25, 0.3) is 11.4 Å². The van der Waals surface area contributed by atoms with Crippen molar-refractivity contribution in [2.75, 3.05) is 5.32 Å². The van der Waals surface area contributed by atoms with Crippen molar-refractivity contribution in [3.63, 3.8) is 0 Å². The van der Waals surface area contributed by atoms with Crippen molar-refractivity contribution in [1.29, 1.82) is 0 Å². The molecule has 2 aromatic carbocycles. The summed E-state index contributed by atoms with van der Waals surface area (Å²) in [5.41, 5.74) is 6.39. The van der Waals surface area contributed by atoms with Gasteiger partial charge in [0.15, 0.2) is 5.82 Å². The highest BCUT2D eigenvalue weighted by Gasteiger charge is 2.22. The van der Waals surface area contributed by atoms with Gasteiger partial charge in [0.25, 0.3) is 5.91 Å². The standard InChI is InChI=1S/C21H18F2N4O3/c1-2-15-18(19(24)30)21(25-12-8-6-11(7-9-12)10-16(28)29)27-20(26-15)17-13(22)4-3-5-14(17)23/h3-9H,2,10H2,1H3,(H2,24,30)(H,28,29)(H,25,26,27). The minimum Gasteiger partial charge on any atom is -0.481 e. The maximum absolute atomic E-state index is 14.3. The van der Waals surface area contributed by atoms with Crippen LogP contribution in [0.2, 0.25) is 0 Å². The van der Waals surface area contributed by atoms with Crippen LogP contribution in [0.3, 0.4) is 0 Å². The zero-order valence-electron chi connectivity index (χ0n) is 15.9. The van der Waals surface area contributed by atoms with Crippen LogP contribution in [-0.4, -0.2) is 27.0 Å². The first kappa shape index (κ1) is 20.8. The normalized spacial score (nSPS) is 10.6. The van der Waals surface area contributed by atoms with E-state index in [0.717, 1.165) is 12.1 Å². The van der Waals surface area contributed by atoms with Crippen LogP contribution in [0.4, 0.5) is 20.3 Å². The number of aliphatic carboxylic acids is 1. The van der Waals surface area contributed by atoms with Crippen LogP contribution in [0.5, 0.6) is 0 Å². The number of nitrogens with zero attached hydrogens (tertiary/aromatic N) is 2. The molecule has 0 unspecified atom stereocenters. The van der Waals surface area contributed by atoms with E-state index >= 15 is 0 Å². The highest BCUT2D eigenvalue weighted by atomic mass is 19.1. The number of carbonyl (C=O) groups excluding carboxylic acids is 1. The Kier molecular flexibility index (Phi) is 6.01. The minimum absolute atomic E-state index is 0.00186. The number of anilines is 2. The maximum Gasteiger partial charge on any atom is 0.307 e. The second kappa shape index (κ2) is 8.64. The molecular formula is C21H18F2N4O3. The van der Waals surface area contributed by atoms with Crippen LogP contribution in [-0.2, 0) is 17.6 Å². The summed E-state index contributed by atoms with van der Waals surface area (Å²) in [6.07, 6.45) is 0.132. The fourth-order valence-electron chi connectivity index (χ4n) is 2.95. The van der Waals surface area contributed by atoms with Gasteiger partial charge in [-0.1, -0.05) is 25.1 Å². The highest BCUT2D eigenvalue weighted by molar-refractivity contribution is 5.99. The Morgan fingerprint density at radius 1 is 1.07 bits per heavy atom. The third kappa shape index (κ3) is 4.40. The van der Waals surface area contributed by atoms with Gasteiger partial charge in [-0.3, -0.25) is 9.59 Å². The van der Waals surface area contributed by atoms with Gasteiger partial charge in [-0.2, -0.15) is 0 Å². The van der Waals surface area contributed by atoms with E-state index in [1.807, 2.05) is 0 Å². The molecule has 30 heavy (non-hydrogen) atoms. The van der Waals surface area contributed by atoms with Gasteiger partial charge in [-0.05, 0) is 36.2 Å². The lowest BCUT2D eigenvalue weighted by atomic mass is 10.1. The number of nitrogens with one attached hydrogen (secondary N) is 1. The average Bonchev–Trinajstić information content (AvgIpc) is 2.68. The number of benzene rings is 2. The van der Waals surface area contributed by atoms with Gasteiger partial charge in [0.1, 0.15) is 23.0 Å². The Morgan fingerprint density at radius 3 is 2.23 bits per heavy atom. The van der Waals surface area contributed by atoms with Crippen molar-refractivity contribution < 1.29 is 23.5 Å². The molecule has 0 radical (unpaired) electrons. The van der Waals surface area contributed by atoms with Crippen molar-refractivity contribution in [1.82, 2.24) is 9.97 Å². The van der Waals surface area contributed by atoms with Gasteiger partial charge < -0.3 is 16.2 Å². The fraction of sp³-hybridized carbons (Fsp3) is 0.143. The molecule has 0 saturated heterocycles. The molecule has 7 nitrogen and oxygen atoms in total. The number of rotatable bonds is 7. The average molecular weight is 412 g/mol. The zero-order valence-corrected chi connectivity index (χ0v) is 15.9. The Morgan fingerprint density at radius 2 is 1.70 bits per heavy atom. The van der Waals surface area contributed by atoms with Gasteiger partial charge in [-0.15, -0.1) is 0 Å². The first-order valence-electron chi connectivity index (χ1n) is 9.03. The van der Waals surface area contributed by atoms with E-state index in [4.69, 9.17) is 10.8 Å². The molecule has 3 aromatic rings. The molecule has 0 bridgehead atoms. The van der Waals surface area contributed by atoms with Gasteiger partial charge >= 0.3 is 5.97 Å². The van der Waals surface area contributed by atoms with E-state index in [1.165, 1.54) is 6.07 Å². The minimum atomic E-state index is -0.966. The molecule has 0 aliphatic heterocycles. The smallest absolute Gasteiger partial charge is 0.307 e. The summed E-state index contributed by atoms with van der Waals surface area (Å²) in [6.45, 7) is 1.72. The monoisotopic (exact) mass is 412 g/mol. The number of hydrogen-bond donors (Lipinski definition) is 3. The Balaban J connectivity index is 2.10. The molecule has 1 heterocycles. The Bertz CT molecular complexity index is 1100.